The monoisotopic (exact) mass is 618 g/mol. The Labute approximate surface area is 277 Å². The van der Waals surface area contributed by atoms with Gasteiger partial charge in [0.2, 0.25) is 0 Å². The molecule has 8 aromatic rings. The number of aromatic nitrogens is 2. The van der Waals surface area contributed by atoms with Crippen LogP contribution in [0.3, 0.4) is 0 Å². The Morgan fingerprint density at radius 3 is 1.50 bits per heavy atom. The second-order valence-corrected chi connectivity index (χ2v) is 12.4. The number of carbonyl (C=O) groups excluding carboxylic acids is 2. The van der Waals surface area contributed by atoms with Gasteiger partial charge in [-0.2, -0.15) is 0 Å². The predicted octanol–water partition coefficient (Wildman–Crippen LogP) is 10.1. The molecule has 0 N–H and O–H groups in total. The zero-order chi connectivity index (χ0) is 32.2. The maximum atomic E-state index is 13.7. The number of fused-ring (bicyclic) bond motifs is 6. The van der Waals surface area contributed by atoms with Crippen LogP contribution in [0, 0.1) is 0 Å². The Hall–Kier alpha value is -6.26. The molecule has 48 heavy (non-hydrogen) atoms. The molecular weight excluding hydrogens is 588 g/mol. The first-order chi connectivity index (χ1) is 23.7. The molecule has 0 fully saturated rings. The van der Waals surface area contributed by atoms with E-state index in [0.717, 1.165) is 35.2 Å². The van der Waals surface area contributed by atoms with Crippen LogP contribution in [-0.4, -0.2) is 20.7 Å². The first-order valence-electron chi connectivity index (χ1n) is 16.3. The fraction of sp³-hybridized carbons (Fsp3) is 0.0455. The van der Waals surface area contributed by atoms with Crippen molar-refractivity contribution in [1.82, 2.24) is 9.13 Å². The van der Waals surface area contributed by atoms with Gasteiger partial charge in [0.1, 0.15) is 0 Å². The highest BCUT2D eigenvalue weighted by Gasteiger charge is 2.19. The molecule has 0 bridgehead atoms. The molecule has 0 atom stereocenters. The van der Waals surface area contributed by atoms with Crippen LogP contribution in [-0.2, 0) is 6.42 Å². The summed E-state index contributed by atoms with van der Waals surface area (Å²) in [6.45, 7) is 0. The Bertz CT molecular complexity index is 2530. The van der Waals surface area contributed by atoms with Crippen LogP contribution in [0.4, 0.5) is 0 Å². The average Bonchev–Trinajstić information content (AvgIpc) is 3.68. The summed E-state index contributed by atoms with van der Waals surface area (Å²) < 4.78 is 4.51. The van der Waals surface area contributed by atoms with Crippen molar-refractivity contribution in [3.63, 3.8) is 0 Å². The molecule has 0 radical (unpaired) electrons. The second kappa shape index (κ2) is 11.2. The van der Waals surface area contributed by atoms with Crippen molar-refractivity contribution >= 4 is 50.4 Å². The van der Waals surface area contributed by atoms with E-state index in [2.05, 4.69) is 81.9 Å². The zero-order valence-corrected chi connectivity index (χ0v) is 26.1. The van der Waals surface area contributed by atoms with Crippen molar-refractivity contribution in [2.24, 2.45) is 0 Å². The molecule has 0 amide bonds. The third-order valence-corrected chi connectivity index (χ3v) is 9.60. The maximum Gasteiger partial charge on any atom is 0.193 e. The number of benzene rings is 6. The van der Waals surface area contributed by atoms with Gasteiger partial charge in [0, 0.05) is 55.5 Å². The molecule has 0 aliphatic heterocycles. The molecule has 0 saturated heterocycles. The molecule has 2 heterocycles. The zero-order valence-electron chi connectivity index (χ0n) is 26.1. The van der Waals surface area contributed by atoms with Gasteiger partial charge in [-0.1, -0.05) is 78.9 Å². The highest BCUT2D eigenvalue weighted by Crippen LogP contribution is 2.34. The molecular formula is C44H30N2O2. The lowest BCUT2D eigenvalue weighted by molar-refractivity contribution is 0.103. The number of hydrogen-bond donors (Lipinski definition) is 0. The van der Waals surface area contributed by atoms with Gasteiger partial charge in [0.15, 0.2) is 11.6 Å². The van der Waals surface area contributed by atoms with Crippen LogP contribution in [0.2, 0.25) is 0 Å². The van der Waals surface area contributed by atoms with E-state index in [-0.39, 0.29) is 11.6 Å². The summed E-state index contributed by atoms with van der Waals surface area (Å²) in [5, 5.41) is 3.66. The maximum absolute atomic E-state index is 13.7. The highest BCUT2D eigenvalue weighted by atomic mass is 16.1. The number of aryl methyl sites for hydroxylation is 1. The molecule has 0 saturated carbocycles. The number of ketones is 2. The van der Waals surface area contributed by atoms with Crippen LogP contribution >= 0.6 is 0 Å². The standard InChI is InChI=1S/C44H30N2O2/c47-43(29-20-24-33(25-21-29)45-39-16-5-1-12-35(39)36-13-2-6-17-40(36)45)31-10-9-11-32(28-31)44(48)30-22-26-34(27-23-30)46-41-18-7-3-14-37(41)38-15-4-8-19-42(38)46/h1-3,5-14,16-28H,4,15H2. The van der Waals surface area contributed by atoms with Crippen molar-refractivity contribution in [2.75, 3.05) is 0 Å². The second-order valence-electron chi connectivity index (χ2n) is 12.4. The van der Waals surface area contributed by atoms with E-state index in [1.54, 1.807) is 24.3 Å². The van der Waals surface area contributed by atoms with Gasteiger partial charge in [0.05, 0.1) is 16.6 Å². The van der Waals surface area contributed by atoms with Crippen LogP contribution < -0.4 is 0 Å². The van der Waals surface area contributed by atoms with E-state index >= 15 is 0 Å². The molecule has 2 aromatic heterocycles. The predicted molar refractivity (Wildman–Crippen MR) is 195 cm³/mol. The molecule has 1 aliphatic carbocycles. The molecule has 4 heteroatoms. The van der Waals surface area contributed by atoms with Gasteiger partial charge in [-0.25, -0.2) is 0 Å². The molecule has 0 unspecified atom stereocenters. The van der Waals surface area contributed by atoms with E-state index in [1.807, 2.05) is 60.7 Å². The Kier molecular flexibility index (Phi) is 6.54. The summed E-state index contributed by atoms with van der Waals surface area (Å²) in [4.78, 5) is 27.3. The Morgan fingerprint density at radius 1 is 0.458 bits per heavy atom. The van der Waals surface area contributed by atoms with Crippen molar-refractivity contribution in [1.29, 1.82) is 0 Å². The summed E-state index contributed by atoms with van der Waals surface area (Å²) in [6, 6.07) is 47.8. The van der Waals surface area contributed by atoms with Gasteiger partial charge in [-0.3, -0.25) is 9.59 Å². The first kappa shape index (κ1) is 28.0. The third kappa shape index (κ3) is 4.45. The minimum atomic E-state index is -0.119. The molecule has 1 aliphatic rings. The van der Waals surface area contributed by atoms with E-state index in [0.29, 0.717) is 22.3 Å². The van der Waals surface area contributed by atoms with Crippen molar-refractivity contribution < 1.29 is 9.59 Å². The quantitative estimate of drug-likeness (QED) is 0.174. The van der Waals surface area contributed by atoms with Gasteiger partial charge in [-0.15, -0.1) is 0 Å². The van der Waals surface area contributed by atoms with E-state index in [9.17, 15) is 9.59 Å². The van der Waals surface area contributed by atoms with Gasteiger partial charge in [-0.05, 0) is 97.3 Å². The van der Waals surface area contributed by atoms with Crippen LogP contribution in [0.5, 0.6) is 0 Å². The van der Waals surface area contributed by atoms with Crippen LogP contribution in [0.25, 0.3) is 50.2 Å². The summed E-state index contributed by atoms with van der Waals surface area (Å²) in [6.07, 6.45) is 6.50. The van der Waals surface area contributed by atoms with E-state index in [1.165, 1.54) is 32.9 Å². The molecule has 9 rings (SSSR count). The number of hydrogen-bond acceptors (Lipinski definition) is 2. The van der Waals surface area contributed by atoms with Gasteiger partial charge >= 0.3 is 0 Å². The van der Waals surface area contributed by atoms with E-state index in [4.69, 9.17) is 0 Å². The molecule has 4 nitrogen and oxygen atoms in total. The number of carbonyl (C=O) groups is 2. The highest BCUT2D eigenvalue weighted by molar-refractivity contribution is 6.13. The van der Waals surface area contributed by atoms with Crippen LogP contribution in [0.15, 0.2) is 152 Å². The minimum absolute atomic E-state index is 0.114. The number of para-hydroxylation sites is 3. The van der Waals surface area contributed by atoms with Crippen molar-refractivity contribution in [3.05, 3.63) is 185 Å². The average molecular weight is 619 g/mol. The lowest BCUT2D eigenvalue weighted by atomic mass is 9.97. The normalized spacial score (nSPS) is 12.5. The Balaban J connectivity index is 0.994. The van der Waals surface area contributed by atoms with Gasteiger partial charge in [0.25, 0.3) is 0 Å². The molecule has 6 aromatic carbocycles. The van der Waals surface area contributed by atoms with Crippen molar-refractivity contribution in [2.45, 2.75) is 12.8 Å². The number of nitrogens with zero attached hydrogens (tertiary/aromatic N) is 2. The third-order valence-electron chi connectivity index (χ3n) is 9.60. The SMILES string of the molecule is O=C(c1ccc(-n2c3c(c4ccccc42)CCC=C3)cc1)c1cccc(C(=O)c2ccc(-n3c4ccccc4c4ccccc43)cc2)c1. The van der Waals surface area contributed by atoms with Gasteiger partial charge < -0.3 is 9.13 Å². The lowest BCUT2D eigenvalue weighted by Crippen LogP contribution is -2.06. The van der Waals surface area contributed by atoms with Crippen molar-refractivity contribution in [3.8, 4) is 11.4 Å². The van der Waals surface area contributed by atoms with E-state index < -0.39 is 0 Å². The summed E-state index contributed by atoms with van der Waals surface area (Å²) >= 11 is 0. The molecule has 0 spiro atoms. The first-order valence-corrected chi connectivity index (χ1v) is 16.3. The summed E-state index contributed by atoms with van der Waals surface area (Å²) in [7, 11) is 0. The lowest BCUT2D eigenvalue weighted by Gasteiger charge is -2.12. The Morgan fingerprint density at radius 2 is 0.938 bits per heavy atom. The number of rotatable bonds is 6. The minimum Gasteiger partial charge on any atom is -0.310 e. The topological polar surface area (TPSA) is 44.0 Å². The fourth-order valence-electron chi connectivity index (χ4n) is 7.32. The number of allylic oxidation sites excluding steroid dienone is 1. The summed E-state index contributed by atoms with van der Waals surface area (Å²) in [5.74, 6) is -0.233. The summed E-state index contributed by atoms with van der Waals surface area (Å²) in [5.41, 5.74) is 10.1. The van der Waals surface area contributed by atoms with Crippen LogP contribution in [0.1, 0.15) is 49.5 Å². The fourth-order valence-corrected chi connectivity index (χ4v) is 7.32. The molecule has 228 valence electrons. The largest absolute Gasteiger partial charge is 0.310 e. The smallest absolute Gasteiger partial charge is 0.193 e.